The van der Waals surface area contributed by atoms with Crippen LogP contribution in [0.4, 0.5) is 0 Å². The van der Waals surface area contributed by atoms with Crippen molar-refractivity contribution in [3.8, 4) is 0 Å². The van der Waals surface area contributed by atoms with E-state index in [2.05, 4.69) is 5.16 Å². The van der Waals surface area contributed by atoms with Gasteiger partial charge in [0.15, 0.2) is 15.6 Å². The Morgan fingerprint density at radius 1 is 1.26 bits per heavy atom. The topological polar surface area (TPSA) is 60.2 Å². The number of benzene rings is 1. The molecule has 2 rings (SSSR count). The molecule has 0 saturated carbocycles. The zero-order valence-electron chi connectivity index (χ0n) is 10.6. The molecule has 1 aromatic carbocycles. The van der Waals surface area contributed by atoms with E-state index in [0.29, 0.717) is 11.5 Å². The molecule has 4 nitrogen and oxygen atoms in total. The molecule has 0 bridgehead atoms. The highest BCUT2D eigenvalue weighted by atomic mass is 32.2. The third-order valence-electron chi connectivity index (χ3n) is 2.50. The van der Waals surface area contributed by atoms with E-state index in [0.717, 1.165) is 5.56 Å². The molecule has 0 fully saturated rings. The lowest BCUT2D eigenvalue weighted by atomic mass is 10.2. The highest BCUT2D eigenvalue weighted by Gasteiger charge is 2.13. The molecule has 0 unspecified atom stereocenters. The zero-order valence-corrected chi connectivity index (χ0v) is 11.4. The molecule has 2 aromatic rings. The number of rotatable bonds is 5. The van der Waals surface area contributed by atoms with E-state index in [9.17, 15) is 8.42 Å². The first-order valence-corrected chi connectivity index (χ1v) is 7.71. The van der Waals surface area contributed by atoms with E-state index in [4.69, 9.17) is 4.52 Å². The van der Waals surface area contributed by atoms with Crippen molar-refractivity contribution in [2.75, 3.05) is 5.75 Å². The highest BCUT2D eigenvalue weighted by molar-refractivity contribution is 7.90. The van der Waals surface area contributed by atoms with E-state index in [1.54, 1.807) is 25.1 Å². The Kier molecular flexibility index (Phi) is 4.16. The van der Waals surface area contributed by atoms with Crippen LogP contribution in [-0.2, 0) is 15.6 Å². The Balaban J connectivity index is 1.96. The van der Waals surface area contributed by atoms with Gasteiger partial charge in [0.1, 0.15) is 5.75 Å². The molecule has 0 aliphatic rings. The van der Waals surface area contributed by atoms with E-state index in [1.165, 1.54) is 0 Å². The molecule has 5 heteroatoms. The van der Waals surface area contributed by atoms with Gasteiger partial charge in [0, 0.05) is 6.07 Å². The average Bonchev–Trinajstić information content (AvgIpc) is 2.75. The fraction of sp³-hybridized carbons (Fsp3) is 0.214. The number of sulfone groups is 1. The van der Waals surface area contributed by atoms with Crippen LogP contribution in [0.3, 0.4) is 0 Å². The lowest BCUT2D eigenvalue weighted by Crippen LogP contribution is -2.06. The molecule has 1 heterocycles. The minimum absolute atomic E-state index is 0.0123. The van der Waals surface area contributed by atoms with E-state index in [1.807, 2.05) is 30.3 Å². The Hall–Kier alpha value is -1.88. The van der Waals surface area contributed by atoms with Crippen LogP contribution in [0, 0.1) is 6.92 Å². The Bertz CT molecular complexity index is 657. The maximum atomic E-state index is 11.9. The quantitative estimate of drug-likeness (QED) is 0.843. The molecule has 0 atom stereocenters. The predicted molar refractivity (Wildman–Crippen MR) is 74.2 cm³/mol. The minimum Gasteiger partial charge on any atom is -0.360 e. The smallest absolute Gasteiger partial charge is 0.161 e. The summed E-state index contributed by atoms with van der Waals surface area (Å²) in [4.78, 5) is 0. The second-order valence-corrected chi connectivity index (χ2v) is 6.41. The molecule has 0 spiro atoms. The highest BCUT2D eigenvalue weighted by Crippen LogP contribution is 2.09. The normalized spacial score (nSPS) is 12.1. The second-order valence-electron chi connectivity index (χ2n) is 4.30. The van der Waals surface area contributed by atoms with Crippen LogP contribution in [0.1, 0.15) is 17.0 Å². The van der Waals surface area contributed by atoms with Gasteiger partial charge in [-0.1, -0.05) is 47.6 Å². The monoisotopic (exact) mass is 277 g/mol. The molecular formula is C14H15NO3S. The lowest BCUT2D eigenvalue weighted by molar-refractivity contribution is 0.389. The third-order valence-corrected chi connectivity index (χ3v) is 3.92. The Labute approximate surface area is 112 Å². The average molecular weight is 277 g/mol. The molecule has 100 valence electrons. The summed E-state index contributed by atoms with van der Waals surface area (Å²) in [6.45, 7) is 1.76. The SMILES string of the molecule is Cc1cc(CS(=O)(=O)CC=Cc2ccccc2)on1. The summed E-state index contributed by atoms with van der Waals surface area (Å²) in [5.74, 6) is 0.250. The van der Waals surface area contributed by atoms with Gasteiger partial charge in [0.2, 0.25) is 0 Å². The second kappa shape index (κ2) is 5.84. The minimum atomic E-state index is -3.21. The van der Waals surface area contributed by atoms with Gasteiger partial charge in [-0.3, -0.25) is 0 Å². The van der Waals surface area contributed by atoms with E-state index < -0.39 is 9.84 Å². The molecule has 0 amide bonds. The molecule has 19 heavy (non-hydrogen) atoms. The van der Waals surface area contributed by atoms with Crippen molar-refractivity contribution in [2.24, 2.45) is 0 Å². The number of hydrogen-bond donors (Lipinski definition) is 0. The molecule has 0 aliphatic heterocycles. The van der Waals surface area contributed by atoms with Crippen LogP contribution in [0.5, 0.6) is 0 Å². The summed E-state index contributed by atoms with van der Waals surface area (Å²) in [6.07, 6.45) is 3.44. The van der Waals surface area contributed by atoms with E-state index in [-0.39, 0.29) is 11.5 Å². The summed E-state index contributed by atoms with van der Waals surface area (Å²) in [5.41, 5.74) is 1.67. The third kappa shape index (κ3) is 4.37. The number of aryl methyl sites for hydroxylation is 1. The van der Waals surface area contributed by atoms with Gasteiger partial charge in [0.05, 0.1) is 11.4 Å². The first-order chi connectivity index (χ1) is 9.05. The summed E-state index contributed by atoms with van der Waals surface area (Å²) < 4.78 is 28.6. The summed E-state index contributed by atoms with van der Waals surface area (Å²) in [5, 5.41) is 3.67. The summed E-state index contributed by atoms with van der Waals surface area (Å²) in [7, 11) is -3.21. The number of hydrogen-bond acceptors (Lipinski definition) is 4. The van der Waals surface area contributed by atoms with Gasteiger partial charge >= 0.3 is 0 Å². The fourth-order valence-electron chi connectivity index (χ4n) is 1.65. The van der Waals surface area contributed by atoms with Crippen molar-refractivity contribution in [1.82, 2.24) is 5.16 Å². The predicted octanol–water partition coefficient (Wildman–Crippen LogP) is 2.61. The van der Waals surface area contributed by atoms with Gasteiger partial charge < -0.3 is 4.52 Å². The van der Waals surface area contributed by atoms with Crippen LogP contribution in [-0.4, -0.2) is 19.3 Å². The maximum absolute atomic E-state index is 11.9. The van der Waals surface area contributed by atoms with Crippen molar-refractivity contribution in [2.45, 2.75) is 12.7 Å². The van der Waals surface area contributed by atoms with Crippen LogP contribution in [0.15, 0.2) is 47.0 Å². The summed E-state index contributed by atoms with van der Waals surface area (Å²) in [6, 6.07) is 11.2. The standard InChI is InChI=1S/C14H15NO3S/c1-12-10-14(18-15-12)11-19(16,17)9-5-8-13-6-3-2-4-7-13/h2-8,10H,9,11H2,1H3. The first kappa shape index (κ1) is 13.5. The Morgan fingerprint density at radius 3 is 2.63 bits per heavy atom. The summed E-state index contributed by atoms with van der Waals surface area (Å²) >= 11 is 0. The molecule has 0 radical (unpaired) electrons. The van der Waals surface area contributed by atoms with Crippen LogP contribution in [0.25, 0.3) is 6.08 Å². The van der Waals surface area contributed by atoms with Gasteiger partial charge in [-0.15, -0.1) is 0 Å². The van der Waals surface area contributed by atoms with Gasteiger partial charge in [-0.2, -0.15) is 0 Å². The fourth-order valence-corrected chi connectivity index (χ4v) is 2.73. The molecule has 1 aromatic heterocycles. The van der Waals surface area contributed by atoms with Gasteiger partial charge in [-0.25, -0.2) is 8.42 Å². The van der Waals surface area contributed by atoms with Crippen molar-refractivity contribution in [3.05, 3.63) is 59.5 Å². The van der Waals surface area contributed by atoms with Crippen LogP contribution in [0.2, 0.25) is 0 Å². The lowest BCUT2D eigenvalue weighted by Gasteiger charge is -1.97. The number of nitrogens with zero attached hydrogens (tertiary/aromatic N) is 1. The molecule has 0 N–H and O–H groups in total. The maximum Gasteiger partial charge on any atom is 0.161 e. The molecular weight excluding hydrogens is 262 g/mol. The molecule has 0 saturated heterocycles. The van der Waals surface area contributed by atoms with Gasteiger partial charge in [0.25, 0.3) is 0 Å². The number of aromatic nitrogens is 1. The van der Waals surface area contributed by atoms with Crippen LogP contribution < -0.4 is 0 Å². The Morgan fingerprint density at radius 2 is 2.00 bits per heavy atom. The van der Waals surface area contributed by atoms with Crippen molar-refractivity contribution < 1.29 is 12.9 Å². The zero-order chi connectivity index (χ0) is 13.7. The first-order valence-electron chi connectivity index (χ1n) is 5.89. The van der Waals surface area contributed by atoms with Crippen molar-refractivity contribution in [3.63, 3.8) is 0 Å². The van der Waals surface area contributed by atoms with Crippen molar-refractivity contribution in [1.29, 1.82) is 0 Å². The largest absolute Gasteiger partial charge is 0.360 e. The van der Waals surface area contributed by atoms with Gasteiger partial charge in [-0.05, 0) is 12.5 Å². The van der Waals surface area contributed by atoms with Crippen LogP contribution >= 0.6 is 0 Å². The van der Waals surface area contributed by atoms with E-state index >= 15 is 0 Å². The molecule has 0 aliphatic carbocycles. The van der Waals surface area contributed by atoms with Crippen molar-refractivity contribution >= 4 is 15.9 Å².